The summed E-state index contributed by atoms with van der Waals surface area (Å²) in [5.41, 5.74) is 9.64. The third-order valence-electron chi connectivity index (χ3n) is 6.05. The lowest BCUT2D eigenvalue weighted by Crippen LogP contribution is -2.36. The van der Waals surface area contributed by atoms with Crippen LogP contribution in [0.2, 0.25) is 0 Å². The molecule has 0 radical (unpaired) electrons. The first-order valence-electron chi connectivity index (χ1n) is 10.5. The van der Waals surface area contributed by atoms with Gasteiger partial charge < -0.3 is 20.1 Å². The number of ketones is 1. The van der Waals surface area contributed by atoms with E-state index in [-0.39, 0.29) is 18.2 Å². The van der Waals surface area contributed by atoms with Crippen molar-refractivity contribution in [2.24, 2.45) is 5.73 Å². The Bertz CT molecular complexity index is 1210. The van der Waals surface area contributed by atoms with Crippen molar-refractivity contribution < 1.29 is 18.7 Å². The molecule has 1 atom stereocenters. The normalized spacial score (nSPS) is 18.2. The summed E-state index contributed by atoms with van der Waals surface area (Å²) in [6, 6.07) is 11.9. The van der Waals surface area contributed by atoms with Gasteiger partial charge in [0.2, 0.25) is 0 Å². The predicted molar refractivity (Wildman–Crippen MR) is 125 cm³/mol. The van der Waals surface area contributed by atoms with Crippen molar-refractivity contribution in [2.75, 3.05) is 14.2 Å². The predicted octanol–water partition coefficient (Wildman–Crippen LogP) is 4.91. The van der Waals surface area contributed by atoms with E-state index in [1.165, 1.54) is 19.2 Å². The molecular weight excluding hydrogens is 489 g/mol. The summed E-state index contributed by atoms with van der Waals surface area (Å²) in [5, 5.41) is 9.92. The number of hydrogen-bond acceptors (Lipinski definition) is 6. The molecule has 0 saturated heterocycles. The van der Waals surface area contributed by atoms with Gasteiger partial charge in [0, 0.05) is 24.7 Å². The van der Waals surface area contributed by atoms with Crippen LogP contribution in [-0.2, 0) is 11.4 Å². The van der Waals surface area contributed by atoms with Gasteiger partial charge in [0.25, 0.3) is 0 Å². The molecule has 2 aliphatic rings. The Morgan fingerprint density at radius 1 is 1.27 bits per heavy atom. The highest BCUT2D eigenvalue weighted by Gasteiger charge is 2.39. The molecule has 2 aromatic carbocycles. The molecule has 2 N–H and O–H groups in total. The highest BCUT2D eigenvalue weighted by molar-refractivity contribution is 9.10. The first-order chi connectivity index (χ1) is 15.8. The molecule has 1 aliphatic carbocycles. The van der Waals surface area contributed by atoms with Crippen molar-refractivity contribution >= 4 is 21.7 Å². The Morgan fingerprint density at radius 3 is 2.67 bits per heavy atom. The lowest BCUT2D eigenvalue weighted by molar-refractivity contribution is -0.116. The van der Waals surface area contributed by atoms with Crippen LogP contribution in [0.1, 0.15) is 36.3 Å². The molecule has 1 heterocycles. The fourth-order valence-corrected chi connectivity index (χ4v) is 4.95. The summed E-state index contributed by atoms with van der Waals surface area (Å²) in [6.07, 6.45) is 1.93. The number of Topliss-reactive ketones (excluding diaryl/α,β-unsaturated/α-hetero) is 1. The summed E-state index contributed by atoms with van der Waals surface area (Å²) >= 11 is 3.56. The number of carbonyl (C=O) groups excluding carboxylic acids is 1. The third kappa shape index (κ3) is 4.21. The Hall–Kier alpha value is -3.31. The van der Waals surface area contributed by atoms with Gasteiger partial charge in [0.05, 0.1) is 29.1 Å². The van der Waals surface area contributed by atoms with E-state index in [1.807, 2.05) is 6.07 Å². The van der Waals surface area contributed by atoms with Crippen LogP contribution in [0.4, 0.5) is 4.39 Å². The first kappa shape index (κ1) is 22.9. The molecule has 0 fully saturated rings. The summed E-state index contributed by atoms with van der Waals surface area (Å²) in [4.78, 5) is 14.7. The van der Waals surface area contributed by atoms with Gasteiger partial charge >= 0.3 is 0 Å². The second kappa shape index (κ2) is 9.28. The molecule has 2 aromatic rings. The standard InChI is InChI=1S/C25H23BrFN3O3/c1-30-19-4-3-5-20(31)23(19)22(17(12-28)25(30)29)15-10-18(26)24(21(11-15)32-2)33-13-14-6-8-16(27)9-7-14/h6-11,22H,3-5,13,29H2,1-2H3/t22-/m1/s1. The van der Waals surface area contributed by atoms with Gasteiger partial charge in [-0.25, -0.2) is 4.39 Å². The van der Waals surface area contributed by atoms with Crippen LogP contribution in [0.3, 0.4) is 0 Å². The Kier molecular flexibility index (Phi) is 6.43. The fourth-order valence-electron chi connectivity index (χ4n) is 4.38. The third-order valence-corrected chi connectivity index (χ3v) is 6.64. The minimum atomic E-state index is -0.578. The van der Waals surface area contributed by atoms with Gasteiger partial charge in [-0.15, -0.1) is 0 Å². The molecule has 6 nitrogen and oxygen atoms in total. The maximum Gasteiger partial charge on any atom is 0.175 e. The van der Waals surface area contributed by atoms with E-state index in [2.05, 4.69) is 22.0 Å². The number of allylic oxidation sites excluding steroid dienone is 3. The number of nitrogens with two attached hydrogens (primary N) is 1. The largest absolute Gasteiger partial charge is 0.493 e. The van der Waals surface area contributed by atoms with Gasteiger partial charge in [-0.2, -0.15) is 5.26 Å². The smallest absolute Gasteiger partial charge is 0.175 e. The molecule has 0 saturated carbocycles. The molecule has 4 rings (SSSR count). The second-order valence-electron chi connectivity index (χ2n) is 7.99. The van der Waals surface area contributed by atoms with Crippen LogP contribution in [0, 0.1) is 17.1 Å². The zero-order chi connectivity index (χ0) is 23.7. The Labute approximate surface area is 200 Å². The Balaban J connectivity index is 1.75. The summed E-state index contributed by atoms with van der Waals surface area (Å²) in [6.45, 7) is 0.215. The lowest BCUT2D eigenvalue weighted by Gasteiger charge is -2.37. The summed E-state index contributed by atoms with van der Waals surface area (Å²) in [5.74, 6) is 0.402. The molecule has 0 bridgehead atoms. The van der Waals surface area contributed by atoms with Crippen LogP contribution >= 0.6 is 15.9 Å². The van der Waals surface area contributed by atoms with Gasteiger partial charge in [0.1, 0.15) is 18.2 Å². The van der Waals surface area contributed by atoms with Crippen LogP contribution < -0.4 is 15.2 Å². The van der Waals surface area contributed by atoms with Crippen molar-refractivity contribution in [3.05, 3.63) is 80.5 Å². The van der Waals surface area contributed by atoms with E-state index < -0.39 is 5.92 Å². The minimum absolute atomic E-state index is 0.0278. The molecule has 33 heavy (non-hydrogen) atoms. The van der Waals surface area contributed by atoms with Gasteiger partial charge in [-0.05, 0) is 64.2 Å². The zero-order valence-electron chi connectivity index (χ0n) is 18.3. The highest BCUT2D eigenvalue weighted by Crippen LogP contribution is 2.47. The topological polar surface area (TPSA) is 88.6 Å². The van der Waals surface area contributed by atoms with Crippen molar-refractivity contribution in [3.63, 3.8) is 0 Å². The number of halogens is 2. The molecule has 0 unspecified atom stereocenters. The quantitative estimate of drug-likeness (QED) is 0.613. The van der Waals surface area contributed by atoms with E-state index in [4.69, 9.17) is 15.2 Å². The molecule has 1 aliphatic heterocycles. The number of hydrogen-bond donors (Lipinski definition) is 1. The molecule has 8 heteroatoms. The first-order valence-corrected chi connectivity index (χ1v) is 11.3. The summed E-state index contributed by atoms with van der Waals surface area (Å²) in [7, 11) is 3.32. The number of rotatable bonds is 5. The van der Waals surface area contributed by atoms with E-state index in [0.29, 0.717) is 44.9 Å². The molecular formula is C25H23BrFN3O3. The van der Waals surface area contributed by atoms with Crippen molar-refractivity contribution in [2.45, 2.75) is 31.8 Å². The van der Waals surface area contributed by atoms with E-state index in [0.717, 1.165) is 24.1 Å². The van der Waals surface area contributed by atoms with Gasteiger partial charge in [-0.1, -0.05) is 12.1 Å². The molecule has 170 valence electrons. The maximum absolute atomic E-state index is 13.2. The van der Waals surface area contributed by atoms with E-state index in [9.17, 15) is 14.4 Å². The molecule has 0 aromatic heterocycles. The van der Waals surface area contributed by atoms with Crippen molar-refractivity contribution in [1.82, 2.24) is 4.90 Å². The number of benzene rings is 2. The van der Waals surface area contributed by atoms with Gasteiger partial charge in [0.15, 0.2) is 17.3 Å². The average Bonchev–Trinajstić information content (AvgIpc) is 2.81. The summed E-state index contributed by atoms with van der Waals surface area (Å²) < 4.78 is 25.3. The minimum Gasteiger partial charge on any atom is -0.493 e. The van der Waals surface area contributed by atoms with E-state index in [1.54, 1.807) is 30.1 Å². The fraction of sp³-hybridized carbons (Fsp3) is 0.280. The van der Waals surface area contributed by atoms with Crippen molar-refractivity contribution in [1.29, 1.82) is 5.26 Å². The van der Waals surface area contributed by atoms with Crippen LogP contribution in [0.25, 0.3) is 0 Å². The molecule has 0 spiro atoms. The van der Waals surface area contributed by atoms with Crippen molar-refractivity contribution in [3.8, 4) is 17.6 Å². The zero-order valence-corrected chi connectivity index (χ0v) is 19.9. The van der Waals surface area contributed by atoms with Crippen LogP contribution in [0.15, 0.2) is 63.5 Å². The van der Waals surface area contributed by atoms with Crippen LogP contribution in [-0.4, -0.2) is 24.8 Å². The number of ether oxygens (including phenoxy) is 2. The average molecular weight is 512 g/mol. The monoisotopic (exact) mass is 511 g/mol. The maximum atomic E-state index is 13.2. The highest BCUT2D eigenvalue weighted by atomic mass is 79.9. The number of methoxy groups -OCH3 is 1. The second-order valence-corrected chi connectivity index (χ2v) is 8.84. The lowest BCUT2D eigenvalue weighted by atomic mass is 9.76. The number of nitrogens with zero attached hydrogens (tertiary/aromatic N) is 2. The number of carbonyl (C=O) groups is 1. The SMILES string of the molecule is COc1cc([C@@H]2C(C#N)=C(N)N(C)C3=C2C(=O)CCC3)cc(Br)c1OCc1ccc(F)cc1. The number of nitriles is 1. The Morgan fingerprint density at radius 2 is 2.00 bits per heavy atom. The van der Waals surface area contributed by atoms with Crippen LogP contribution in [0.5, 0.6) is 11.5 Å². The van der Waals surface area contributed by atoms with Gasteiger partial charge in [-0.3, -0.25) is 4.79 Å². The van der Waals surface area contributed by atoms with E-state index >= 15 is 0 Å². The molecule has 0 amide bonds.